The van der Waals surface area contributed by atoms with Crippen LogP contribution in [-0.2, 0) is 23.7 Å². The number of benzene rings is 2. The zero-order valence-corrected chi connectivity index (χ0v) is 26.4. The third-order valence-corrected chi connectivity index (χ3v) is 9.13. The van der Waals surface area contributed by atoms with Gasteiger partial charge in [0.15, 0.2) is 11.6 Å². The molecule has 0 radical (unpaired) electrons. The van der Waals surface area contributed by atoms with Crippen molar-refractivity contribution < 1.29 is 5.11 Å². The molecular weight excluding hydrogens is 518 g/mol. The highest BCUT2D eigenvalue weighted by Crippen LogP contribution is 2.45. The molecule has 5 rings (SSSR count). The molecule has 2 aromatic heterocycles. The second-order valence-electron chi connectivity index (χ2n) is 13.8. The van der Waals surface area contributed by atoms with Gasteiger partial charge in [0, 0.05) is 23.5 Å². The van der Waals surface area contributed by atoms with Gasteiger partial charge in [-0.1, -0.05) is 85.7 Å². The van der Waals surface area contributed by atoms with Gasteiger partial charge in [-0.3, -0.25) is 0 Å². The molecule has 0 fully saturated rings. The van der Waals surface area contributed by atoms with E-state index in [1.54, 1.807) is 0 Å². The Morgan fingerprint density at radius 1 is 0.905 bits per heavy atom. The molecule has 220 valence electrons. The molecule has 2 heterocycles. The Balaban J connectivity index is 1.40. The monoisotopic (exact) mass is 563 g/mol. The van der Waals surface area contributed by atoms with E-state index in [9.17, 15) is 5.11 Å². The van der Waals surface area contributed by atoms with Crippen LogP contribution >= 0.6 is 0 Å². The van der Waals surface area contributed by atoms with Crippen LogP contribution in [-0.4, -0.2) is 25.0 Å². The Labute approximate surface area is 250 Å². The number of nitrogen functional groups attached to an aromatic ring is 1. The number of rotatable bonds is 8. The van der Waals surface area contributed by atoms with Crippen LogP contribution < -0.4 is 5.73 Å². The molecular formula is C36H45N5O. The molecule has 6 heteroatoms. The molecule has 0 amide bonds. The molecule has 1 aliphatic carbocycles. The Hall–Kier alpha value is -3.80. The third kappa shape index (κ3) is 5.64. The van der Waals surface area contributed by atoms with Gasteiger partial charge in [-0.2, -0.15) is 0 Å². The Morgan fingerprint density at radius 2 is 1.57 bits per heavy atom. The number of aryl methyl sites for hydroxylation is 1. The average Bonchev–Trinajstić information content (AvgIpc) is 3.26. The normalized spacial score (nSPS) is 14.5. The maximum Gasteiger partial charge on any atom is 0.165 e. The predicted molar refractivity (Wildman–Crippen MR) is 172 cm³/mol. The van der Waals surface area contributed by atoms with E-state index in [0.717, 1.165) is 59.5 Å². The summed E-state index contributed by atoms with van der Waals surface area (Å²) in [6.45, 7) is 17.6. The van der Waals surface area contributed by atoms with Crippen LogP contribution in [0.3, 0.4) is 0 Å². The number of hydrogen-bond donors (Lipinski definition) is 2. The van der Waals surface area contributed by atoms with Crippen LogP contribution in [0, 0.1) is 0 Å². The van der Waals surface area contributed by atoms with Gasteiger partial charge in [-0.15, -0.1) is 0 Å². The van der Waals surface area contributed by atoms with Crippen LogP contribution in [0.25, 0.3) is 22.8 Å². The van der Waals surface area contributed by atoms with E-state index in [1.807, 2.05) is 18.5 Å². The lowest BCUT2D eigenvalue weighted by Gasteiger charge is -2.26. The van der Waals surface area contributed by atoms with Crippen molar-refractivity contribution in [3.8, 4) is 28.5 Å². The summed E-state index contributed by atoms with van der Waals surface area (Å²) in [6, 6.07) is 12.7. The summed E-state index contributed by atoms with van der Waals surface area (Å²) in [5, 5.41) is 11.3. The van der Waals surface area contributed by atoms with Crippen LogP contribution in [0.4, 0.5) is 5.82 Å². The fraction of sp³-hybridized carbons (Fsp3) is 0.444. The summed E-state index contributed by atoms with van der Waals surface area (Å²) in [5.74, 6) is 2.63. The smallest absolute Gasteiger partial charge is 0.165 e. The molecule has 3 N–H and O–H groups in total. The lowest BCUT2D eigenvalue weighted by Crippen LogP contribution is -2.19. The number of nitrogens with two attached hydrogens (primary N) is 1. The number of nitrogens with zero attached hydrogens (tertiary/aromatic N) is 4. The van der Waals surface area contributed by atoms with Crippen LogP contribution in [0.2, 0.25) is 0 Å². The second kappa shape index (κ2) is 11.1. The Bertz CT molecular complexity index is 1590. The van der Waals surface area contributed by atoms with E-state index in [1.165, 1.54) is 11.1 Å². The average molecular weight is 564 g/mol. The van der Waals surface area contributed by atoms with Gasteiger partial charge < -0.3 is 10.8 Å². The number of phenolic OH excluding ortho intramolecular Hbond substituents is 1. The molecule has 0 aliphatic heterocycles. The van der Waals surface area contributed by atoms with Gasteiger partial charge in [0.1, 0.15) is 11.6 Å². The molecule has 4 aromatic rings. The Kier molecular flexibility index (Phi) is 7.86. The van der Waals surface area contributed by atoms with Gasteiger partial charge >= 0.3 is 0 Å². The summed E-state index contributed by atoms with van der Waals surface area (Å²) in [7, 11) is 0. The van der Waals surface area contributed by atoms with Gasteiger partial charge in [0.05, 0.1) is 11.3 Å². The maximum absolute atomic E-state index is 11.3. The maximum atomic E-state index is 11.3. The number of anilines is 1. The largest absolute Gasteiger partial charge is 0.507 e. The fourth-order valence-electron chi connectivity index (χ4n) is 6.18. The standard InChI is InChI=1S/C36H45N5O/c1-21(2)24-19-38-33(39-20-24)23-9-11-25(12-10-23)35(5,6)18-16-29-30(22(3)4)32(37)41-34(40-29)27-13-14-28-26(31(27)42)15-17-36(28,7)8/h9-14,19-22,42H,15-18H2,1-8H3,(H2,37,40,41). The number of fused-ring (bicyclic) bond motifs is 1. The number of hydrogen-bond acceptors (Lipinski definition) is 6. The van der Waals surface area contributed by atoms with E-state index in [4.69, 9.17) is 15.7 Å². The number of aromatic nitrogens is 4. The highest BCUT2D eigenvalue weighted by molar-refractivity contribution is 5.70. The van der Waals surface area contributed by atoms with Crippen molar-refractivity contribution in [2.75, 3.05) is 5.73 Å². The van der Waals surface area contributed by atoms with Gasteiger partial charge in [-0.25, -0.2) is 19.9 Å². The molecule has 0 saturated heterocycles. The molecule has 42 heavy (non-hydrogen) atoms. The van der Waals surface area contributed by atoms with Crippen LogP contribution in [0.5, 0.6) is 5.75 Å². The van der Waals surface area contributed by atoms with E-state index < -0.39 is 0 Å². The second-order valence-corrected chi connectivity index (χ2v) is 13.8. The minimum atomic E-state index is -0.101. The summed E-state index contributed by atoms with van der Waals surface area (Å²) >= 11 is 0. The topological polar surface area (TPSA) is 97.8 Å². The van der Waals surface area contributed by atoms with E-state index in [-0.39, 0.29) is 16.7 Å². The SMILES string of the molecule is CC(C)c1cnc(-c2ccc(C(C)(C)CCc3nc(-c4ccc5c(c4O)CCC5(C)C)nc(N)c3C(C)C)cc2)nc1. The molecule has 1 aliphatic rings. The molecule has 0 unspecified atom stereocenters. The summed E-state index contributed by atoms with van der Waals surface area (Å²) in [5.41, 5.74) is 14.8. The van der Waals surface area contributed by atoms with Crippen molar-refractivity contribution in [2.24, 2.45) is 0 Å². The molecule has 6 nitrogen and oxygen atoms in total. The quantitative estimate of drug-likeness (QED) is 0.224. The van der Waals surface area contributed by atoms with E-state index >= 15 is 0 Å². The highest BCUT2D eigenvalue weighted by atomic mass is 16.3. The summed E-state index contributed by atoms with van der Waals surface area (Å²) in [4.78, 5) is 18.9. The first-order valence-corrected chi connectivity index (χ1v) is 15.2. The lowest BCUT2D eigenvalue weighted by atomic mass is 9.79. The lowest BCUT2D eigenvalue weighted by molar-refractivity contribution is 0.470. The molecule has 0 spiro atoms. The number of phenols is 1. The first-order chi connectivity index (χ1) is 19.8. The Morgan fingerprint density at radius 3 is 2.19 bits per heavy atom. The third-order valence-electron chi connectivity index (χ3n) is 9.13. The van der Waals surface area contributed by atoms with Gasteiger partial charge in [-0.05, 0) is 76.7 Å². The van der Waals surface area contributed by atoms with Crippen LogP contribution in [0.1, 0.15) is 114 Å². The molecule has 2 aromatic carbocycles. The van der Waals surface area contributed by atoms with Crippen molar-refractivity contribution in [2.45, 2.75) is 104 Å². The van der Waals surface area contributed by atoms with Crippen molar-refractivity contribution in [1.82, 2.24) is 19.9 Å². The van der Waals surface area contributed by atoms with Crippen LogP contribution in [0.15, 0.2) is 48.8 Å². The van der Waals surface area contributed by atoms with Crippen molar-refractivity contribution >= 4 is 5.82 Å². The molecule has 0 bridgehead atoms. The first-order valence-electron chi connectivity index (χ1n) is 15.2. The molecule has 0 saturated carbocycles. The van der Waals surface area contributed by atoms with E-state index in [2.05, 4.69) is 95.7 Å². The van der Waals surface area contributed by atoms with Gasteiger partial charge in [0.25, 0.3) is 0 Å². The first kappa shape index (κ1) is 29.7. The van der Waals surface area contributed by atoms with E-state index in [0.29, 0.717) is 28.9 Å². The predicted octanol–water partition coefficient (Wildman–Crippen LogP) is 8.27. The van der Waals surface area contributed by atoms with Gasteiger partial charge in [0.2, 0.25) is 0 Å². The van der Waals surface area contributed by atoms with Crippen molar-refractivity contribution in [3.63, 3.8) is 0 Å². The zero-order valence-electron chi connectivity index (χ0n) is 26.4. The summed E-state index contributed by atoms with van der Waals surface area (Å²) < 4.78 is 0. The summed E-state index contributed by atoms with van der Waals surface area (Å²) in [6.07, 6.45) is 7.35. The highest BCUT2D eigenvalue weighted by Gasteiger charge is 2.33. The van der Waals surface area contributed by atoms with Crippen molar-refractivity contribution in [3.05, 3.63) is 82.3 Å². The fourth-order valence-corrected chi connectivity index (χ4v) is 6.18. The molecule has 0 atom stereocenters. The number of aromatic hydroxyl groups is 1. The van der Waals surface area contributed by atoms with Crippen molar-refractivity contribution in [1.29, 1.82) is 0 Å². The minimum absolute atomic E-state index is 0.0626. The zero-order chi connectivity index (χ0) is 30.4. The minimum Gasteiger partial charge on any atom is -0.507 e.